The van der Waals surface area contributed by atoms with Crippen molar-refractivity contribution in [2.24, 2.45) is 0 Å². The van der Waals surface area contributed by atoms with E-state index in [1.165, 1.54) is 0 Å². The molecule has 3 N–H and O–H groups in total. The normalized spacial score (nSPS) is 13.6. The smallest absolute Gasteiger partial charge is 0.120 e. The van der Waals surface area contributed by atoms with E-state index in [1.54, 1.807) is 32.0 Å². The maximum atomic E-state index is 10.1. The largest absolute Gasteiger partial charge is 0.508 e. The van der Waals surface area contributed by atoms with E-state index in [-0.39, 0.29) is 5.75 Å². The summed E-state index contributed by atoms with van der Waals surface area (Å²) in [5.41, 5.74) is 1.77. The predicted octanol–water partition coefficient (Wildman–Crippen LogP) is 2.53. The first-order valence-electron chi connectivity index (χ1n) is 8.51. The van der Waals surface area contributed by atoms with E-state index in [0.717, 1.165) is 5.56 Å². The number of hydrogen-bond acceptors (Lipinski definition) is 5. The second kappa shape index (κ2) is 9.42. The third kappa shape index (κ3) is 6.74. The summed E-state index contributed by atoms with van der Waals surface area (Å²) in [6, 6.07) is 15.0. The number of aliphatic hydroxyl groups is 2. The second-order valence-electron chi connectivity index (χ2n) is 6.46. The molecule has 0 aromatic heterocycles. The summed E-state index contributed by atoms with van der Waals surface area (Å²) in [7, 11) is 0. The highest BCUT2D eigenvalue weighted by atomic mass is 16.5. The molecule has 2 aromatic rings. The molecule has 0 radical (unpaired) electrons. The molecule has 0 aliphatic heterocycles. The summed E-state index contributed by atoms with van der Waals surface area (Å²) in [6.07, 6.45) is -1.03. The molecule has 2 rings (SSSR count). The predicted molar refractivity (Wildman–Crippen MR) is 97.5 cm³/mol. The van der Waals surface area contributed by atoms with Gasteiger partial charge in [-0.3, -0.25) is 4.90 Å². The van der Waals surface area contributed by atoms with Gasteiger partial charge in [0.05, 0.1) is 12.2 Å². The third-order valence-corrected chi connectivity index (χ3v) is 3.74. The first kappa shape index (κ1) is 19.2. The number of rotatable bonds is 9. The number of hydrogen-bond donors (Lipinski definition) is 3. The molecule has 0 bridgehead atoms. The van der Waals surface area contributed by atoms with Gasteiger partial charge in [-0.2, -0.15) is 0 Å². The van der Waals surface area contributed by atoms with Crippen LogP contribution in [0.15, 0.2) is 48.5 Å². The first-order chi connectivity index (χ1) is 11.9. The van der Waals surface area contributed by atoms with Crippen molar-refractivity contribution in [2.45, 2.75) is 39.2 Å². The summed E-state index contributed by atoms with van der Waals surface area (Å²) >= 11 is 0. The Morgan fingerprint density at radius 1 is 0.960 bits per heavy atom. The van der Waals surface area contributed by atoms with E-state index >= 15 is 0 Å². The summed E-state index contributed by atoms with van der Waals surface area (Å²) in [5.74, 6) is 0.846. The number of aliphatic hydroxyl groups excluding tert-OH is 2. The van der Waals surface area contributed by atoms with Crippen molar-refractivity contribution in [1.82, 2.24) is 4.90 Å². The van der Waals surface area contributed by atoms with Gasteiger partial charge >= 0.3 is 0 Å². The monoisotopic (exact) mass is 345 g/mol. The Hall–Kier alpha value is -2.08. The quantitative estimate of drug-likeness (QED) is 0.651. The topological polar surface area (TPSA) is 73.2 Å². The van der Waals surface area contributed by atoms with Crippen molar-refractivity contribution in [3.63, 3.8) is 0 Å². The van der Waals surface area contributed by atoms with Crippen molar-refractivity contribution >= 4 is 0 Å². The van der Waals surface area contributed by atoms with Gasteiger partial charge in [-0.15, -0.1) is 0 Å². The number of phenolic OH excluding ortho intramolecular Hbond substituents is 1. The van der Waals surface area contributed by atoms with E-state index in [1.807, 2.05) is 35.2 Å². The van der Waals surface area contributed by atoms with E-state index in [0.29, 0.717) is 37.6 Å². The van der Waals surface area contributed by atoms with Crippen LogP contribution in [-0.4, -0.2) is 45.5 Å². The molecule has 2 unspecified atom stereocenters. The fourth-order valence-electron chi connectivity index (χ4n) is 2.71. The van der Waals surface area contributed by atoms with Crippen LogP contribution < -0.4 is 4.74 Å². The number of nitrogens with zero attached hydrogens (tertiary/aromatic N) is 1. The molecule has 0 aliphatic carbocycles. The van der Waals surface area contributed by atoms with E-state index in [2.05, 4.69) is 0 Å². The zero-order valence-electron chi connectivity index (χ0n) is 14.8. The maximum Gasteiger partial charge on any atom is 0.120 e. The van der Waals surface area contributed by atoms with Gasteiger partial charge in [0.15, 0.2) is 0 Å². The molecular weight excluding hydrogens is 318 g/mol. The molecule has 25 heavy (non-hydrogen) atoms. The van der Waals surface area contributed by atoms with Crippen LogP contribution in [0.1, 0.15) is 25.0 Å². The number of benzene rings is 2. The summed E-state index contributed by atoms with van der Waals surface area (Å²) in [4.78, 5) is 1.91. The zero-order valence-corrected chi connectivity index (χ0v) is 14.8. The van der Waals surface area contributed by atoms with Crippen LogP contribution >= 0.6 is 0 Å². The molecule has 0 spiro atoms. The minimum absolute atomic E-state index is 0.174. The lowest BCUT2D eigenvalue weighted by Crippen LogP contribution is -2.35. The maximum absolute atomic E-state index is 10.1. The Morgan fingerprint density at radius 2 is 1.60 bits per heavy atom. The van der Waals surface area contributed by atoms with Gasteiger partial charge in [-0.1, -0.05) is 30.3 Å². The fraction of sp³-hybridized carbons (Fsp3) is 0.400. The van der Waals surface area contributed by atoms with Crippen LogP contribution in [0.3, 0.4) is 0 Å². The lowest BCUT2D eigenvalue weighted by molar-refractivity contribution is 0.0789. The van der Waals surface area contributed by atoms with Crippen LogP contribution in [0.2, 0.25) is 0 Å². The number of ether oxygens (including phenoxy) is 1. The van der Waals surface area contributed by atoms with Crippen molar-refractivity contribution in [3.8, 4) is 11.5 Å². The van der Waals surface area contributed by atoms with E-state index < -0.39 is 12.2 Å². The van der Waals surface area contributed by atoms with Gasteiger partial charge < -0.3 is 20.1 Å². The summed E-state index contributed by atoms with van der Waals surface area (Å²) in [5, 5.41) is 29.4. The second-order valence-corrected chi connectivity index (χ2v) is 6.46. The lowest BCUT2D eigenvalue weighted by Gasteiger charge is -2.25. The van der Waals surface area contributed by atoms with Crippen molar-refractivity contribution in [2.75, 3.05) is 13.1 Å². The van der Waals surface area contributed by atoms with Gasteiger partial charge in [-0.05, 0) is 37.6 Å². The Bertz CT molecular complexity index is 633. The molecule has 0 saturated heterocycles. The first-order valence-corrected chi connectivity index (χ1v) is 8.51. The van der Waals surface area contributed by atoms with Crippen LogP contribution in [0.4, 0.5) is 0 Å². The highest BCUT2D eigenvalue weighted by molar-refractivity contribution is 5.39. The Kier molecular flexibility index (Phi) is 7.25. The number of phenols is 1. The highest BCUT2D eigenvalue weighted by Gasteiger charge is 2.14. The van der Waals surface area contributed by atoms with Gasteiger partial charge in [0.2, 0.25) is 0 Å². The van der Waals surface area contributed by atoms with Crippen molar-refractivity contribution in [3.05, 3.63) is 59.7 Å². The SMILES string of the molecule is CC(O)CN(Cc1cc(OCc2ccccc2)ccc1O)CC(C)O. The minimum Gasteiger partial charge on any atom is -0.508 e. The lowest BCUT2D eigenvalue weighted by atomic mass is 10.1. The molecule has 0 fully saturated rings. The number of aromatic hydroxyl groups is 1. The highest BCUT2D eigenvalue weighted by Crippen LogP contribution is 2.25. The van der Waals surface area contributed by atoms with Crippen LogP contribution in [-0.2, 0) is 13.2 Å². The van der Waals surface area contributed by atoms with Gasteiger partial charge in [0, 0.05) is 25.2 Å². The van der Waals surface area contributed by atoms with E-state index in [9.17, 15) is 15.3 Å². The molecular formula is C20H27NO4. The third-order valence-electron chi connectivity index (χ3n) is 3.74. The molecule has 5 heteroatoms. The molecule has 5 nitrogen and oxygen atoms in total. The standard InChI is InChI=1S/C20H27NO4/c1-15(22)11-21(12-16(2)23)13-18-10-19(8-9-20(18)24)25-14-17-6-4-3-5-7-17/h3-10,15-16,22-24H,11-14H2,1-2H3. The van der Waals surface area contributed by atoms with Gasteiger partial charge in [0.1, 0.15) is 18.1 Å². The average molecular weight is 345 g/mol. The summed E-state index contributed by atoms with van der Waals surface area (Å²) < 4.78 is 5.80. The zero-order chi connectivity index (χ0) is 18.2. The molecule has 0 amide bonds. The Balaban J connectivity index is 2.06. The van der Waals surface area contributed by atoms with Crippen molar-refractivity contribution in [1.29, 1.82) is 0 Å². The molecule has 0 heterocycles. The summed E-state index contributed by atoms with van der Waals surface area (Å²) in [6.45, 7) is 5.11. The molecule has 2 atom stereocenters. The van der Waals surface area contributed by atoms with Crippen molar-refractivity contribution < 1.29 is 20.1 Å². The van der Waals surface area contributed by atoms with Crippen LogP contribution in [0, 0.1) is 0 Å². The minimum atomic E-state index is -0.515. The van der Waals surface area contributed by atoms with Crippen LogP contribution in [0.25, 0.3) is 0 Å². The van der Waals surface area contributed by atoms with E-state index in [4.69, 9.17) is 4.74 Å². The van der Waals surface area contributed by atoms with Gasteiger partial charge in [0.25, 0.3) is 0 Å². The average Bonchev–Trinajstić information content (AvgIpc) is 2.55. The Labute approximate surface area is 149 Å². The molecule has 136 valence electrons. The molecule has 0 saturated carbocycles. The Morgan fingerprint density at radius 3 is 2.20 bits per heavy atom. The fourth-order valence-corrected chi connectivity index (χ4v) is 2.71. The van der Waals surface area contributed by atoms with Gasteiger partial charge in [-0.25, -0.2) is 0 Å². The molecule has 0 aliphatic rings. The molecule has 2 aromatic carbocycles. The van der Waals surface area contributed by atoms with Crippen LogP contribution in [0.5, 0.6) is 11.5 Å².